The van der Waals surface area contributed by atoms with Crippen LogP contribution in [0.1, 0.15) is 5.56 Å². The van der Waals surface area contributed by atoms with Crippen molar-refractivity contribution in [1.29, 1.82) is 0 Å². The highest BCUT2D eigenvalue weighted by atomic mass is 32.2. The summed E-state index contributed by atoms with van der Waals surface area (Å²) in [7, 11) is 2.85. The number of phenolic OH excluding ortho intramolecular Hbond substituents is 1. The van der Waals surface area contributed by atoms with E-state index in [0.29, 0.717) is 21.3 Å². The van der Waals surface area contributed by atoms with Crippen molar-refractivity contribution in [3.63, 3.8) is 0 Å². The van der Waals surface area contributed by atoms with Crippen molar-refractivity contribution in [3.05, 3.63) is 52.7 Å². The number of hydrogen-bond donors (Lipinski definition) is 2. The van der Waals surface area contributed by atoms with Gasteiger partial charge in [-0.2, -0.15) is 0 Å². The molecule has 2 aromatic rings. The van der Waals surface area contributed by atoms with Gasteiger partial charge in [-0.1, -0.05) is 0 Å². The van der Waals surface area contributed by atoms with Gasteiger partial charge in [-0.15, -0.1) is 0 Å². The Morgan fingerprint density at radius 1 is 1.15 bits per heavy atom. The lowest BCUT2D eigenvalue weighted by Gasteiger charge is -2.09. The molecule has 0 bridgehead atoms. The second-order valence-electron chi connectivity index (χ2n) is 5.23. The number of nitrogens with zero attached hydrogens (tertiary/aromatic N) is 1. The van der Waals surface area contributed by atoms with Crippen LogP contribution in [0, 0.1) is 5.82 Å². The Kier molecular flexibility index (Phi) is 5.13. The number of ether oxygens (including phenoxy) is 2. The van der Waals surface area contributed by atoms with Crippen LogP contribution in [0.5, 0.6) is 17.2 Å². The topological polar surface area (TPSA) is 80.2 Å². The maximum Gasteiger partial charge on any atom is 0.264 e. The monoisotopic (exact) mass is 374 g/mol. The van der Waals surface area contributed by atoms with Gasteiger partial charge in [0.25, 0.3) is 5.91 Å². The van der Waals surface area contributed by atoms with E-state index >= 15 is 0 Å². The average Bonchev–Trinajstić information content (AvgIpc) is 2.97. The zero-order chi connectivity index (χ0) is 18.7. The molecule has 6 nitrogen and oxygen atoms in total. The summed E-state index contributed by atoms with van der Waals surface area (Å²) in [4.78, 5) is 16.8. The van der Waals surface area contributed by atoms with Crippen LogP contribution in [-0.4, -0.2) is 30.4 Å². The molecule has 134 valence electrons. The number of halogens is 1. The number of aliphatic imine (C=N–C) groups is 1. The number of amides is 1. The van der Waals surface area contributed by atoms with Crippen molar-refractivity contribution >= 4 is 34.6 Å². The molecule has 3 rings (SSSR count). The maximum atomic E-state index is 12.9. The summed E-state index contributed by atoms with van der Waals surface area (Å²) in [5, 5.41) is 13.0. The Hall–Kier alpha value is -3.00. The Morgan fingerprint density at radius 3 is 2.35 bits per heavy atom. The molecule has 0 radical (unpaired) electrons. The number of amidine groups is 1. The molecule has 26 heavy (non-hydrogen) atoms. The van der Waals surface area contributed by atoms with Gasteiger partial charge in [0.1, 0.15) is 5.82 Å². The Bertz CT molecular complexity index is 885. The van der Waals surface area contributed by atoms with Gasteiger partial charge >= 0.3 is 0 Å². The fourth-order valence-electron chi connectivity index (χ4n) is 2.26. The Labute approximate surface area is 153 Å². The maximum absolute atomic E-state index is 12.9. The van der Waals surface area contributed by atoms with Crippen LogP contribution in [0.4, 0.5) is 10.1 Å². The number of carbonyl (C=O) groups is 1. The lowest BCUT2D eigenvalue weighted by molar-refractivity contribution is -0.115. The highest BCUT2D eigenvalue weighted by molar-refractivity contribution is 8.18. The van der Waals surface area contributed by atoms with Crippen LogP contribution in [-0.2, 0) is 4.79 Å². The van der Waals surface area contributed by atoms with Crippen molar-refractivity contribution in [3.8, 4) is 17.2 Å². The lowest BCUT2D eigenvalue weighted by Crippen LogP contribution is -2.19. The van der Waals surface area contributed by atoms with E-state index < -0.39 is 0 Å². The van der Waals surface area contributed by atoms with E-state index in [1.54, 1.807) is 18.2 Å². The number of thioether (sulfide) groups is 1. The number of hydrogen-bond acceptors (Lipinski definition) is 6. The van der Waals surface area contributed by atoms with Gasteiger partial charge in [0, 0.05) is 0 Å². The second kappa shape index (κ2) is 7.49. The van der Waals surface area contributed by atoms with Crippen molar-refractivity contribution in [2.24, 2.45) is 4.99 Å². The largest absolute Gasteiger partial charge is 0.502 e. The van der Waals surface area contributed by atoms with E-state index in [-0.39, 0.29) is 29.0 Å². The molecule has 0 aliphatic carbocycles. The fraction of sp³-hybridized carbons (Fsp3) is 0.111. The normalized spacial score (nSPS) is 16.8. The quantitative estimate of drug-likeness (QED) is 0.802. The number of rotatable bonds is 4. The van der Waals surface area contributed by atoms with Gasteiger partial charge in [-0.05, 0) is 59.8 Å². The van der Waals surface area contributed by atoms with Gasteiger partial charge in [-0.25, -0.2) is 9.38 Å². The molecule has 1 amide bonds. The fourth-order valence-corrected chi connectivity index (χ4v) is 3.10. The second-order valence-corrected chi connectivity index (χ2v) is 6.26. The summed E-state index contributed by atoms with van der Waals surface area (Å²) in [6.45, 7) is 0. The third kappa shape index (κ3) is 3.80. The number of carbonyl (C=O) groups excluding carboxylic acids is 1. The van der Waals surface area contributed by atoms with Crippen molar-refractivity contribution < 1.29 is 23.8 Å². The van der Waals surface area contributed by atoms with E-state index in [1.807, 2.05) is 0 Å². The molecule has 0 atom stereocenters. The summed E-state index contributed by atoms with van der Waals surface area (Å²) in [6.07, 6.45) is 1.64. The van der Waals surface area contributed by atoms with Gasteiger partial charge in [0.15, 0.2) is 16.7 Å². The minimum atomic E-state index is -0.354. The minimum Gasteiger partial charge on any atom is -0.502 e. The molecule has 1 heterocycles. The molecule has 2 aromatic carbocycles. The van der Waals surface area contributed by atoms with Gasteiger partial charge in [0.2, 0.25) is 5.75 Å². The zero-order valence-electron chi connectivity index (χ0n) is 13.9. The predicted octanol–water partition coefficient (Wildman–Crippen LogP) is 3.44. The number of nitrogens with one attached hydrogen (secondary N) is 1. The molecule has 1 saturated heterocycles. The molecule has 0 aromatic heterocycles. The lowest BCUT2D eigenvalue weighted by atomic mass is 10.1. The van der Waals surface area contributed by atoms with E-state index in [0.717, 1.165) is 11.8 Å². The smallest absolute Gasteiger partial charge is 0.264 e. The third-order valence-corrected chi connectivity index (χ3v) is 4.42. The standard InChI is InChI=1S/C18H15FN2O4S/c1-24-13-7-10(8-14(25-2)16(13)22)9-15-17(23)21-18(26-15)20-12-5-3-11(19)4-6-12/h3-9,22H,1-2H3,(H,20,21,23)/b15-9+. The van der Waals surface area contributed by atoms with Crippen LogP contribution >= 0.6 is 11.8 Å². The molecule has 0 saturated carbocycles. The van der Waals surface area contributed by atoms with Gasteiger partial charge in [-0.3, -0.25) is 4.79 Å². The van der Waals surface area contributed by atoms with E-state index in [9.17, 15) is 14.3 Å². The third-order valence-electron chi connectivity index (χ3n) is 3.51. The summed E-state index contributed by atoms with van der Waals surface area (Å²) >= 11 is 1.16. The average molecular weight is 374 g/mol. The molecule has 0 unspecified atom stereocenters. The first kappa shape index (κ1) is 17.8. The van der Waals surface area contributed by atoms with Crippen molar-refractivity contribution in [2.45, 2.75) is 0 Å². The van der Waals surface area contributed by atoms with Crippen LogP contribution in [0.2, 0.25) is 0 Å². The first-order chi connectivity index (χ1) is 12.5. The van der Waals surface area contributed by atoms with Gasteiger partial charge in [0.05, 0.1) is 24.8 Å². The summed E-state index contributed by atoms with van der Waals surface area (Å²) < 4.78 is 23.2. The Morgan fingerprint density at radius 2 is 1.77 bits per heavy atom. The van der Waals surface area contributed by atoms with E-state index in [1.165, 1.54) is 38.5 Å². The van der Waals surface area contributed by atoms with Crippen LogP contribution in [0.15, 0.2) is 46.3 Å². The highest BCUT2D eigenvalue weighted by Crippen LogP contribution is 2.38. The molecule has 0 spiro atoms. The minimum absolute atomic E-state index is 0.112. The van der Waals surface area contributed by atoms with Gasteiger partial charge < -0.3 is 19.9 Å². The molecular formula is C18H15FN2O4S. The molecule has 2 N–H and O–H groups in total. The zero-order valence-corrected chi connectivity index (χ0v) is 14.8. The molecule has 1 fully saturated rings. The number of methoxy groups -OCH3 is 2. The molecular weight excluding hydrogens is 359 g/mol. The van der Waals surface area contributed by atoms with Crippen LogP contribution in [0.25, 0.3) is 6.08 Å². The summed E-state index contributed by atoms with van der Waals surface area (Å²) in [6, 6.07) is 8.82. The van der Waals surface area contributed by atoms with E-state index in [2.05, 4.69) is 10.3 Å². The van der Waals surface area contributed by atoms with Crippen molar-refractivity contribution in [2.75, 3.05) is 14.2 Å². The SMILES string of the molecule is COc1cc(/C=C2/SC(=Nc3ccc(F)cc3)NC2=O)cc(OC)c1O. The van der Waals surface area contributed by atoms with Crippen molar-refractivity contribution in [1.82, 2.24) is 5.32 Å². The van der Waals surface area contributed by atoms with Crippen LogP contribution < -0.4 is 14.8 Å². The first-order valence-corrected chi connectivity index (χ1v) is 8.32. The highest BCUT2D eigenvalue weighted by Gasteiger charge is 2.24. The summed E-state index contributed by atoms with van der Waals surface area (Å²) in [5.41, 5.74) is 1.15. The predicted molar refractivity (Wildman–Crippen MR) is 98.4 cm³/mol. The molecule has 1 aliphatic rings. The van der Waals surface area contributed by atoms with E-state index in [4.69, 9.17) is 9.47 Å². The van der Waals surface area contributed by atoms with Crippen LogP contribution in [0.3, 0.4) is 0 Å². The summed E-state index contributed by atoms with van der Waals surface area (Å²) in [5.74, 6) is -0.298. The molecule has 8 heteroatoms. The number of aromatic hydroxyl groups is 1. The Balaban J connectivity index is 1.88. The molecule has 1 aliphatic heterocycles. The number of benzene rings is 2. The first-order valence-electron chi connectivity index (χ1n) is 7.50. The number of phenols is 1.